The summed E-state index contributed by atoms with van der Waals surface area (Å²) in [6, 6.07) is 8.72. The average Bonchev–Trinajstić information content (AvgIpc) is 2.89. The number of nitrogens with one attached hydrogen (secondary N) is 1. The molecule has 2 rings (SSSR count). The Morgan fingerprint density at radius 2 is 1.88 bits per heavy atom. The summed E-state index contributed by atoms with van der Waals surface area (Å²) < 4.78 is 5.69. The summed E-state index contributed by atoms with van der Waals surface area (Å²) in [6.07, 6.45) is 6.57. The lowest BCUT2D eigenvalue weighted by Crippen LogP contribution is -2.11. The molecule has 1 aromatic carbocycles. The van der Waals surface area contributed by atoms with E-state index in [1.165, 1.54) is 31.2 Å². The summed E-state index contributed by atoms with van der Waals surface area (Å²) >= 11 is 0. The molecule has 2 heteroatoms. The van der Waals surface area contributed by atoms with Crippen LogP contribution in [-0.2, 0) is 0 Å². The molecule has 0 unspecified atom stereocenters. The third kappa shape index (κ3) is 3.74. The number of rotatable bonds is 6. The maximum atomic E-state index is 5.69. The molecule has 0 amide bonds. The Bertz CT molecular complexity index is 314. The molecule has 0 bridgehead atoms. The second-order valence-electron chi connectivity index (χ2n) is 4.86. The molecule has 17 heavy (non-hydrogen) atoms. The van der Waals surface area contributed by atoms with E-state index in [2.05, 4.69) is 29.6 Å². The Labute approximate surface area is 104 Å². The number of hydrogen-bond acceptors (Lipinski definition) is 2. The first-order valence-electron chi connectivity index (χ1n) is 6.77. The SMILES string of the molecule is CNCCCOc1ccc(C2CCCC2)cc1. The summed E-state index contributed by atoms with van der Waals surface area (Å²) in [6.45, 7) is 1.81. The van der Waals surface area contributed by atoms with Crippen LogP contribution in [0.4, 0.5) is 0 Å². The molecule has 0 heterocycles. The fourth-order valence-electron chi connectivity index (χ4n) is 2.53. The van der Waals surface area contributed by atoms with Crippen LogP contribution in [0, 0.1) is 0 Å². The second kappa shape index (κ2) is 6.65. The fourth-order valence-corrected chi connectivity index (χ4v) is 2.53. The standard InChI is InChI=1S/C15H23NO/c1-16-11-4-12-17-15-9-7-14(8-10-15)13-5-2-3-6-13/h7-10,13,16H,2-6,11-12H2,1H3. The van der Waals surface area contributed by atoms with Crippen LogP contribution in [0.25, 0.3) is 0 Å². The van der Waals surface area contributed by atoms with Gasteiger partial charge >= 0.3 is 0 Å². The van der Waals surface area contributed by atoms with Crippen molar-refractivity contribution < 1.29 is 4.74 Å². The smallest absolute Gasteiger partial charge is 0.119 e. The topological polar surface area (TPSA) is 21.3 Å². The highest BCUT2D eigenvalue weighted by atomic mass is 16.5. The van der Waals surface area contributed by atoms with E-state index in [0.717, 1.165) is 31.2 Å². The van der Waals surface area contributed by atoms with Crippen molar-refractivity contribution in [3.05, 3.63) is 29.8 Å². The number of hydrogen-bond donors (Lipinski definition) is 1. The first-order chi connectivity index (χ1) is 8.40. The quantitative estimate of drug-likeness (QED) is 0.761. The molecule has 0 aromatic heterocycles. The lowest BCUT2D eigenvalue weighted by atomic mass is 9.98. The summed E-state index contributed by atoms with van der Waals surface area (Å²) in [7, 11) is 1.97. The van der Waals surface area contributed by atoms with Gasteiger partial charge in [0.25, 0.3) is 0 Å². The van der Waals surface area contributed by atoms with Crippen LogP contribution >= 0.6 is 0 Å². The first-order valence-corrected chi connectivity index (χ1v) is 6.77. The van der Waals surface area contributed by atoms with E-state index in [4.69, 9.17) is 4.74 Å². The molecule has 0 aliphatic heterocycles. The molecule has 1 aliphatic rings. The average molecular weight is 233 g/mol. The van der Waals surface area contributed by atoms with Gasteiger partial charge in [-0.3, -0.25) is 0 Å². The highest BCUT2D eigenvalue weighted by Crippen LogP contribution is 2.34. The van der Waals surface area contributed by atoms with Gasteiger partial charge in [0.1, 0.15) is 5.75 Å². The van der Waals surface area contributed by atoms with Crippen LogP contribution in [0.15, 0.2) is 24.3 Å². The zero-order chi connectivity index (χ0) is 11.9. The van der Waals surface area contributed by atoms with Gasteiger partial charge in [0.15, 0.2) is 0 Å². The van der Waals surface area contributed by atoms with Crippen molar-refractivity contribution in [2.45, 2.75) is 38.0 Å². The summed E-state index contributed by atoms with van der Waals surface area (Å²) in [5, 5.41) is 3.12. The Balaban J connectivity index is 1.80. The molecule has 1 aromatic rings. The highest BCUT2D eigenvalue weighted by molar-refractivity contribution is 5.29. The highest BCUT2D eigenvalue weighted by Gasteiger charge is 2.16. The molecular formula is C15H23NO. The molecule has 1 saturated carbocycles. The van der Waals surface area contributed by atoms with E-state index in [-0.39, 0.29) is 0 Å². The van der Waals surface area contributed by atoms with Gasteiger partial charge < -0.3 is 10.1 Å². The van der Waals surface area contributed by atoms with Gasteiger partial charge in [0.05, 0.1) is 6.61 Å². The van der Waals surface area contributed by atoms with E-state index in [0.29, 0.717) is 0 Å². The van der Waals surface area contributed by atoms with Gasteiger partial charge in [-0.2, -0.15) is 0 Å². The molecule has 2 nitrogen and oxygen atoms in total. The number of benzene rings is 1. The predicted molar refractivity (Wildman–Crippen MR) is 71.7 cm³/mol. The van der Waals surface area contributed by atoms with Crippen LogP contribution in [0.5, 0.6) is 5.75 Å². The Hall–Kier alpha value is -1.02. The van der Waals surface area contributed by atoms with Gasteiger partial charge in [-0.25, -0.2) is 0 Å². The van der Waals surface area contributed by atoms with Crippen molar-refractivity contribution in [3.8, 4) is 5.75 Å². The molecular weight excluding hydrogens is 210 g/mol. The first kappa shape index (κ1) is 12.4. The normalized spacial score (nSPS) is 16.3. The molecule has 1 aliphatic carbocycles. The van der Waals surface area contributed by atoms with E-state index in [9.17, 15) is 0 Å². The lowest BCUT2D eigenvalue weighted by molar-refractivity contribution is 0.309. The van der Waals surface area contributed by atoms with Gasteiger partial charge in [-0.05, 0) is 56.5 Å². The van der Waals surface area contributed by atoms with Crippen molar-refractivity contribution in [2.75, 3.05) is 20.2 Å². The molecule has 1 N–H and O–H groups in total. The Morgan fingerprint density at radius 3 is 2.53 bits per heavy atom. The molecule has 0 spiro atoms. The van der Waals surface area contributed by atoms with Crippen molar-refractivity contribution >= 4 is 0 Å². The zero-order valence-electron chi connectivity index (χ0n) is 10.7. The van der Waals surface area contributed by atoms with E-state index < -0.39 is 0 Å². The third-order valence-electron chi connectivity index (χ3n) is 3.55. The maximum Gasteiger partial charge on any atom is 0.119 e. The molecule has 0 atom stereocenters. The zero-order valence-corrected chi connectivity index (χ0v) is 10.7. The number of ether oxygens (including phenoxy) is 1. The Morgan fingerprint density at radius 1 is 1.18 bits per heavy atom. The van der Waals surface area contributed by atoms with Gasteiger partial charge in [0.2, 0.25) is 0 Å². The van der Waals surface area contributed by atoms with Crippen LogP contribution in [-0.4, -0.2) is 20.2 Å². The van der Waals surface area contributed by atoms with Gasteiger partial charge in [-0.15, -0.1) is 0 Å². The fraction of sp³-hybridized carbons (Fsp3) is 0.600. The van der Waals surface area contributed by atoms with Crippen LogP contribution < -0.4 is 10.1 Å². The van der Waals surface area contributed by atoms with Crippen LogP contribution in [0.3, 0.4) is 0 Å². The van der Waals surface area contributed by atoms with E-state index in [1.807, 2.05) is 7.05 Å². The maximum absolute atomic E-state index is 5.69. The third-order valence-corrected chi connectivity index (χ3v) is 3.55. The lowest BCUT2D eigenvalue weighted by Gasteiger charge is -2.11. The molecule has 0 radical (unpaired) electrons. The molecule has 0 saturated heterocycles. The van der Waals surface area contributed by atoms with E-state index in [1.54, 1.807) is 0 Å². The summed E-state index contributed by atoms with van der Waals surface area (Å²) in [4.78, 5) is 0. The monoisotopic (exact) mass is 233 g/mol. The molecule has 94 valence electrons. The minimum Gasteiger partial charge on any atom is -0.494 e. The van der Waals surface area contributed by atoms with Crippen LogP contribution in [0.2, 0.25) is 0 Å². The van der Waals surface area contributed by atoms with E-state index >= 15 is 0 Å². The second-order valence-corrected chi connectivity index (χ2v) is 4.86. The minimum atomic E-state index is 0.795. The van der Waals surface area contributed by atoms with Crippen molar-refractivity contribution in [2.24, 2.45) is 0 Å². The molecule has 1 fully saturated rings. The minimum absolute atomic E-state index is 0.795. The van der Waals surface area contributed by atoms with Gasteiger partial charge in [0, 0.05) is 0 Å². The Kier molecular flexibility index (Phi) is 4.87. The van der Waals surface area contributed by atoms with Crippen molar-refractivity contribution in [1.82, 2.24) is 5.32 Å². The predicted octanol–water partition coefficient (Wildman–Crippen LogP) is 3.33. The van der Waals surface area contributed by atoms with Crippen molar-refractivity contribution in [1.29, 1.82) is 0 Å². The largest absolute Gasteiger partial charge is 0.494 e. The summed E-state index contributed by atoms with van der Waals surface area (Å²) in [5.41, 5.74) is 1.49. The van der Waals surface area contributed by atoms with Crippen molar-refractivity contribution in [3.63, 3.8) is 0 Å². The summed E-state index contributed by atoms with van der Waals surface area (Å²) in [5.74, 6) is 1.80. The van der Waals surface area contributed by atoms with Gasteiger partial charge in [-0.1, -0.05) is 25.0 Å². The van der Waals surface area contributed by atoms with Crippen LogP contribution in [0.1, 0.15) is 43.6 Å².